The lowest BCUT2D eigenvalue weighted by molar-refractivity contribution is -0.124. The van der Waals surface area contributed by atoms with Crippen LogP contribution in [0.15, 0.2) is 46.3 Å². The van der Waals surface area contributed by atoms with Gasteiger partial charge in [-0.3, -0.25) is 14.6 Å². The van der Waals surface area contributed by atoms with Gasteiger partial charge in [0, 0.05) is 35.4 Å². The summed E-state index contributed by atoms with van der Waals surface area (Å²) >= 11 is 12.5. The van der Waals surface area contributed by atoms with E-state index in [1.165, 1.54) is 21.0 Å². The largest absolute Gasteiger partial charge is 0.465 e. The number of hydrogen-bond donors (Lipinski definition) is 1. The lowest BCUT2D eigenvalue weighted by Gasteiger charge is -2.40. The third-order valence-corrected chi connectivity index (χ3v) is 6.87. The number of benzene rings is 1. The van der Waals surface area contributed by atoms with E-state index in [1.54, 1.807) is 24.3 Å². The van der Waals surface area contributed by atoms with Gasteiger partial charge in [-0.15, -0.1) is 0 Å². The van der Waals surface area contributed by atoms with E-state index in [9.17, 15) is 14.7 Å². The number of ether oxygens (including phenoxy) is 1. The number of carbonyl (C=O) groups excluding carboxylic acids is 1. The highest BCUT2D eigenvalue weighted by molar-refractivity contribution is 6.66. The highest BCUT2D eigenvalue weighted by atomic mass is 35.5. The van der Waals surface area contributed by atoms with Gasteiger partial charge in [-0.1, -0.05) is 23.7 Å². The summed E-state index contributed by atoms with van der Waals surface area (Å²) in [5, 5.41) is 16.6. The fourth-order valence-corrected chi connectivity index (χ4v) is 5.03. The number of hydrazone groups is 1. The molecule has 0 spiro atoms. The normalized spacial score (nSPS) is 20.2. The van der Waals surface area contributed by atoms with Gasteiger partial charge in [0.25, 0.3) is 11.1 Å². The Bertz CT molecular complexity index is 1070. The van der Waals surface area contributed by atoms with Crippen LogP contribution in [-0.4, -0.2) is 63.3 Å². The summed E-state index contributed by atoms with van der Waals surface area (Å²) < 4.78 is 5.43. The molecule has 0 saturated carbocycles. The Morgan fingerprint density at radius 3 is 2.51 bits per heavy atom. The topological polar surface area (TPSA) is 101 Å². The third kappa shape index (κ3) is 5.38. The minimum Gasteiger partial charge on any atom is -0.465 e. The zero-order valence-electron chi connectivity index (χ0n) is 19.9. The average Bonchev–Trinajstić information content (AvgIpc) is 3.22. The second-order valence-electron chi connectivity index (χ2n) is 9.71. The summed E-state index contributed by atoms with van der Waals surface area (Å²) in [6, 6.07) is 6.52. The first-order chi connectivity index (χ1) is 16.6. The lowest BCUT2D eigenvalue weighted by atomic mass is 9.96. The molecule has 1 saturated heterocycles. The molecule has 1 radical (unpaired) electrons. The Balaban J connectivity index is 1.56. The lowest BCUT2D eigenvalue weighted by Crippen LogP contribution is -2.51. The Morgan fingerprint density at radius 2 is 1.91 bits per heavy atom. The second-order valence-corrected chi connectivity index (χ2v) is 10.5. The van der Waals surface area contributed by atoms with Crippen LogP contribution >= 0.6 is 23.2 Å². The first-order valence-corrected chi connectivity index (χ1v) is 12.3. The molecule has 1 fully saturated rings. The number of aliphatic imine (C=N–C) groups is 1. The number of amides is 2. The van der Waals surface area contributed by atoms with Crippen molar-refractivity contribution in [1.82, 2.24) is 14.8 Å². The van der Waals surface area contributed by atoms with E-state index in [1.807, 2.05) is 20.8 Å². The maximum absolute atomic E-state index is 13.3. The Labute approximate surface area is 214 Å². The second kappa shape index (κ2) is 10.3. The van der Waals surface area contributed by atoms with E-state index >= 15 is 0 Å². The van der Waals surface area contributed by atoms with E-state index in [2.05, 4.69) is 10.1 Å². The molecule has 3 aliphatic rings. The smallest absolute Gasteiger partial charge is 0.408 e. The van der Waals surface area contributed by atoms with Gasteiger partial charge < -0.3 is 9.84 Å². The quantitative estimate of drug-likeness (QED) is 0.432. The molecule has 1 atom stereocenters. The van der Waals surface area contributed by atoms with Gasteiger partial charge in [-0.25, -0.2) is 4.79 Å². The van der Waals surface area contributed by atoms with Gasteiger partial charge in [0.15, 0.2) is 0 Å². The third-order valence-electron chi connectivity index (χ3n) is 6.34. The number of halogens is 2. The Kier molecular flexibility index (Phi) is 7.51. The minimum atomic E-state index is -1.05. The molecular weight excluding hydrogens is 493 g/mol. The van der Waals surface area contributed by atoms with Crippen LogP contribution in [0.25, 0.3) is 0 Å². The fourth-order valence-electron chi connectivity index (χ4n) is 4.67. The molecule has 0 aliphatic carbocycles. The van der Waals surface area contributed by atoms with Gasteiger partial charge >= 0.3 is 17.7 Å². The van der Waals surface area contributed by atoms with E-state index in [4.69, 9.17) is 27.9 Å². The zero-order valence-corrected chi connectivity index (χ0v) is 21.5. The molecule has 2 amide bonds. The van der Waals surface area contributed by atoms with E-state index < -0.39 is 17.7 Å². The van der Waals surface area contributed by atoms with Crippen molar-refractivity contribution in [3.63, 3.8) is 0 Å². The molecule has 0 bridgehead atoms. The zero-order chi connectivity index (χ0) is 25.3. The molecule has 3 aliphatic heterocycles. The molecule has 1 aromatic rings. The van der Waals surface area contributed by atoms with Crippen molar-refractivity contribution in [2.24, 2.45) is 16.0 Å². The SMILES string of the molecule is CC(C)(C)N(C(=O)O)[C@H](CCN1C(=O)C2=CN=C(C3CCOCC3)[N+]2N=C1Cl)c1ccc(Cl)cc1. The first kappa shape index (κ1) is 25.6. The maximum Gasteiger partial charge on any atom is 0.408 e. The number of amidine groups is 2. The summed E-state index contributed by atoms with van der Waals surface area (Å²) in [5.41, 5.74) is 0.429. The molecule has 35 heavy (non-hydrogen) atoms. The first-order valence-electron chi connectivity index (χ1n) is 11.6. The number of carboxylic acid groups (broad SMARTS) is 1. The van der Waals surface area contributed by atoms with E-state index in [-0.39, 0.29) is 23.7 Å². The minimum absolute atomic E-state index is 0.0290. The van der Waals surface area contributed by atoms with Crippen LogP contribution in [0.3, 0.4) is 0 Å². The van der Waals surface area contributed by atoms with Gasteiger partial charge in [0.05, 0.1) is 17.0 Å². The van der Waals surface area contributed by atoms with Crippen molar-refractivity contribution in [2.45, 2.75) is 51.6 Å². The maximum atomic E-state index is 13.3. The van der Waals surface area contributed by atoms with Crippen molar-refractivity contribution >= 4 is 46.3 Å². The van der Waals surface area contributed by atoms with Crippen LogP contribution in [0.4, 0.5) is 4.79 Å². The standard InChI is InChI=1S/C24H29Cl2N5O4/c1-24(2,3)30(23(33)34)18(15-4-6-17(25)7-5-15)8-11-29-21(32)19-14-27-20(31(19)28-22(29)26)16-9-12-35-13-10-16/h4-7,14,16,18H,8-13H2,1-3H3,(H,33,34)/q+1/t18-/m1/s1. The number of hydrogen-bond acceptors (Lipinski definition) is 6. The van der Waals surface area contributed by atoms with Crippen molar-refractivity contribution < 1.29 is 19.4 Å². The molecule has 11 heteroatoms. The average molecular weight is 522 g/mol. The van der Waals surface area contributed by atoms with Crippen molar-refractivity contribution in [3.8, 4) is 0 Å². The molecule has 4 rings (SSSR count). The molecule has 1 aromatic carbocycles. The number of rotatable bonds is 6. The van der Waals surface area contributed by atoms with Crippen LogP contribution in [0, 0.1) is 5.92 Å². The highest BCUT2D eigenvalue weighted by Gasteiger charge is 2.50. The number of carbonyl (C=O) groups is 2. The predicted molar refractivity (Wildman–Crippen MR) is 135 cm³/mol. The van der Waals surface area contributed by atoms with Crippen molar-refractivity contribution in [3.05, 3.63) is 46.7 Å². The highest BCUT2D eigenvalue weighted by Crippen LogP contribution is 2.34. The van der Waals surface area contributed by atoms with Gasteiger partial charge in [-0.2, -0.15) is 4.99 Å². The monoisotopic (exact) mass is 521 g/mol. The van der Waals surface area contributed by atoms with Crippen molar-refractivity contribution in [1.29, 1.82) is 0 Å². The van der Waals surface area contributed by atoms with Gasteiger partial charge in [0.2, 0.25) is 0 Å². The van der Waals surface area contributed by atoms with Crippen LogP contribution in [0.5, 0.6) is 0 Å². The molecule has 1 N–H and O–H groups in total. The van der Waals surface area contributed by atoms with Gasteiger partial charge in [0.1, 0.15) is 6.20 Å². The Hall–Kier alpha value is -2.46. The van der Waals surface area contributed by atoms with Crippen LogP contribution < -0.4 is 5.01 Å². The molecular formula is C24H29Cl2N5O4+. The molecule has 0 unspecified atom stereocenters. The van der Waals surface area contributed by atoms with Crippen LogP contribution in [0.1, 0.15) is 51.6 Å². The Morgan fingerprint density at radius 1 is 1.26 bits per heavy atom. The van der Waals surface area contributed by atoms with Crippen LogP contribution in [-0.2, 0) is 9.53 Å². The summed E-state index contributed by atoms with van der Waals surface area (Å²) in [6.45, 7) is 6.96. The van der Waals surface area contributed by atoms with Gasteiger partial charge in [-0.05, 0) is 69.3 Å². The van der Waals surface area contributed by atoms with E-state index in [0.717, 1.165) is 18.4 Å². The molecule has 3 heterocycles. The molecule has 187 valence electrons. The predicted octanol–water partition coefficient (Wildman–Crippen LogP) is 4.72. The summed E-state index contributed by atoms with van der Waals surface area (Å²) in [5.74, 6) is 0.539. The molecule has 0 aromatic heterocycles. The number of nitrogens with zero attached hydrogens (tertiary/aromatic N) is 5. The summed E-state index contributed by atoms with van der Waals surface area (Å²) in [7, 11) is 0. The fraction of sp³-hybridized carbons (Fsp3) is 0.500. The summed E-state index contributed by atoms with van der Waals surface area (Å²) in [6.07, 6.45) is 2.40. The number of fused-ring (bicyclic) bond motifs is 1. The molecule has 9 nitrogen and oxygen atoms in total. The van der Waals surface area contributed by atoms with Crippen molar-refractivity contribution in [2.75, 3.05) is 19.8 Å². The summed E-state index contributed by atoms with van der Waals surface area (Å²) in [4.78, 5) is 32.9. The van der Waals surface area contributed by atoms with E-state index in [0.29, 0.717) is 36.2 Å². The van der Waals surface area contributed by atoms with Crippen LogP contribution in [0.2, 0.25) is 5.02 Å².